The fourth-order valence-corrected chi connectivity index (χ4v) is 5.13. The molecule has 1 amide bonds. The minimum Gasteiger partial charge on any atom is -0.311 e. The Balaban J connectivity index is 1.77. The third-order valence-corrected chi connectivity index (χ3v) is 6.77. The van der Waals surface area contributed by atoms with E-state index in [-0.39, 0.29) is 11.3 Å². The van der Waals surface area contributed by atoms with Gasteiger partial charge >= 0.3 is 5.38 Å². The smallest absolute Gasteiger partial charge is 0.311 e. The molecule has 0 unspecified atom stereocenters. The van der Waals surface area contributed by atoms with Gasteiger partial charge in [0.2, 0.25) is 0 Å². The molecule has 1 N–H and O–H groups in total. The van der Waals surface area contributed by atoms with Gasteiger partial charge in [0.05, 0.1) is 16.1 Å². The number of nitrogens with zero attached hydrogens (tertiary/aromatic N) is 4. The summed E-state index contributed by atoms with van der Waals surface area (Å²) < 4.78 is 29.0. The molecule has 0 saturated carbocycles. The highest BCUT2D eigenvalue weighted by Crippen LogP contribution is 2.36. The summed E-state index contributed by atoms with van der Waals surface area (Å²) in [6.45, 7) is 3.80. The second-order valence-corrected chi connectivity index (χ2v) is 9.21. The third kappa shape index (κ3) is 3.92. The van der Waals surface area contributed by atoms with Gasteiger partial charge in [-0.3, -0.25) is 4.79 Å². The normalized spacial score (nSPS) is 11.6. The van der Waals surface area contributed by atoms with E-state index in [2.05, 4.69) is 21.5 Å². The van der Waals surface area contributed by atoms with Gasteiger partial charge in [-0.05, 0) is 48.0 Å². The Morgan fingerprint density at radius 1 is 1.42 bits per heavy atom. The van der Waals surface area contributed by atoms with Gasteiger partial charge in [0.15, 0.2) is 11.3 Å². The number of nitrogens with one attached hydrogen (secondary N) is 1. The molecule has 6 nitrogen and oxygen atoms in total. The molecule has 0 aliphatic heterocycles. The van der Waals surface area contributed by atoms with Crippen LogP contribution < -0.4 is 5.32 Å². The number of alkyl halides is 3. The molecular formula is C20H14ClF2N5OS2. The van der Waals surface area contributed by atoms with Crippen LogP contribution in [0.1, 0.15) is 39.1 Å². The van der Waals surface area contributed by atoms with E-state index in [1.165, 1.54) is 28.7 Å². The summed E-state index contributed by atoms with van der Waals surface area (Å²) in [7, 11) is 0. The van der Waals surface area contributed by atoms with Crippen molar-refractivity contribution in [2.75, 3.05) is 5.32 Å². The molecule has 31 heavy (non-hydrogen) atoms. The zero-order valence-electron chi connectivity index (χ0n) is 16.2. The molecular weight excluding hydrogens is 464 g/mol. The number of aryl methyl sites for hydroxylation is 1. The summed E-state index contributed by atoms with van der Waals surface area (Å²) in [6, 6.07) is 8.11. The summed E-state index contributed by atoms with van der Waals surface area (Å²) in [6.07, 6.45) is 0.652. The van der Waals surface area contributed by atoms with Crippen molar-refractivity contribution in [1.82, 2.24) is 14.6 Å². The number of carbonyl (C=O) groups excluding carboxylic acids is 1. The van der Waals surface area contributed by atoms with E-state index >= 15 is 0 Å². The van der Waals surface area contributed by atoms with Crippen LogP contribution in [0.4, 0.5) is 13.8 Å². The highest BCUT2D eigenvalue weighted by atomic mass is 35.5. The van der Waals surface area contributed by atoms with Crippen molar-refractivity contribution in [3.05, 3.63) is 57.0 Å². The SMILES string of the molecule is CCc1c(C)sc(NC(=O)c2cc3nc(-c4cccs4)cc(C(F)(F)Cl)n3n2)c1C#N. The van der Waals surface area contributed by atoms with Gasteiger partial charge in [-0.2, -0.15) is 19.1 Å². The van der Waals surface area contributed by atoms with Crippen molar-refractivity contribution in [2.24, 2.45) is 0 Å². The summed E-state index contributed by atoms with van der Waals surface area (Å²) in [4.78, 5) is 18.8. The standard InChI is InChI=1S/C20H14ClF2N5OS2/c1-3-11-10(2)31-19(12(11)9-24)26-18(29)14-8-17-25-13(15-5-4-6-30-15)7-16(20(21,22)23)28(17)27-14/h4-8H,3H2,1-2H3,(H,26,29). The van der Waals surface area contributed by atoms with Crippen molar-refractivity contribution < 1.29 is 13.6 Å². The molecule has 4 aromatic heterocycles. The number of anilines is 1. The molecule has 0 bridgehead atoms. The average Bonchev–Trinajstić information content (AvgIpc) is 3.44. The Bertz CT molecular complexity index is 1330. The van der Waals surface area contributed by atoms with Crippen LogP contribution >= 0.6 is 34.3 Å². The lowest BCUT2D eigenvalue weighted by Gasteiger charge is -2.11. The maximum absolute atomic E-state index is 14.1. The lowest BCUT2D eigenvalue weighted by atomic mass is 10.1. The third-order valence-electron chi connectivity index (χ3n) is 4.63. The Labute approximate surface area is 188 Å². The zero-order valence-corrected chi connectivity index (χ0v) is 18.6. The summed E-state index contributed by atoms with van der Waals surface area (Å²) >= 11 is 7.94. The number of fused-ring (bicyclic) bond motifs is 1. The van der Waals surface area contributed by atoms with Gasteiger partial charge in [-0.15, -0.1) is 22.7 Å². The van der Waals surface area contributed by atoms with E-state index in [1.54, 1.807) is 17.5 Å². The lowest BCUT2D eigenvalue weighted by Crippen LogP contribution is -2.15. The van der Waals surface area contributed by atoms with Crippen LogP contribution in [-0.4, -0.2) is 20.5 Å². The van der Waals surface area contributed by atoms with Crippen molar-refractivity contribution in [3.63, 3.8) is 0 Å². The second kappa shape index (κ2) is 8.00. The van der Waals surface area contributed by atoms with Crippen molar-refractivity contribution >= 4 is 50.8 Å². The molecule has 0 saturated heterocycles. The zero-order chi connectivity index (χ0) is 22.3. The molecule has 0 atom stereocenters. The van der Waals surface area contributed by atoms with Gasteiger partial charge in [0.1, 0.15) is 16.8 Å². The number of nitriles is 1. The first kappa shape index (κ1) is 21.4. The molecule has 0 radical (unpaired) electrons. The molecule has 0 spiro atoms. The van der Waals surface area contributed by atoms with Crippen molar-refractivity contribution in [1.29, 1.82) is 5.26 Å². The highest BCUT2D eigenvalue weighted by Gasteiger charge is 2.33. The number of thiophene rings is 2. The molecule has 4 aromatic rings. The molecule has 4 rings (SSSR count). The highest BCUT2D eigenvalue weighted by molar-refractivity contribution is 7.16. The fourth-order valence-electron chi connectivity index (χ4n) is 3.22. The van der Waals surface area contributed by atoms with Crippen LogP contribution in [0.3, 0.4) is 0 Å². The number of hydrogen-bond acceptors (Lipinski definition) is 6. The number of aromatic nitrogens is 3. The number of hydrogen-bond donors (Lipinski definition) is 1. The molecule has 0 aliphatic carbocycles. The number of rotatable bonds is 5. The predicted octanol–water partition coefficient (Wildman–Crippen LogP) is 5.80. The quantitative estimate of drug-likeness (QED) is 0.368. The van der Waals surface area contributed by atoms with Crippen molar-refractivity contribution in [3.8, 4) is 16.6 Å². The minimum absolute atomic E-state index is 0.0588. The monoisotopic (exact) mass is 477 g/mol. The Kier molecular flexibility index (Phi) is 5.51. The Hall–Kier alpha value is -2.87. The van der Waals surface area contributed by atoms with Crippen LogP contribution in [-0.2, 0) is 11.8 Å². The predicted molar refractivity (Wildman–Crippen MR) is 117 cm³/mol. The van der Waals surface area contributed by atoms with E-state index in [9.17, 15) is 18.8 Å². The van der Waals surface area contributed by atoms with Gasteiger partial charge < -0.3 is 5.32 Å². The minimum atomic E-state index is -3.72. The van der Waals surface area contributed by atoms with Gasteiger partial charge in [-0.1, -0.05) is 13.0 Å². The van der Waals surface area contributed by atoms with Crippen LogP contribution in [0, 0.1) is 18.3 Å². The van der Waals surface area contributed by atoms with E-state index in [0.717, 1.165) is 21.0 Å². The van der Waals surface area contributed by atoms with Gasteiger partial charge in [0, 0.05) is 10.9 Å². The van der Waals surface area contributed by atoms with Gasteiger partial charge in [0.25, 0.3) is 5.91 Å². The van der Waals surface area contributed by atoms with Crippen LogP contribution in [0.2, 0.25) is 0 Å². The Morgan fingerprint density at radius 3 is 2.81 bits per heavy atom. The summed E-state index contributed by atoms with van der Waals surface area (Å²) in [5, 5.41) is 14.6. The van der Waals surface area contributed by atoms with E-state index in [1.807, 2.05) is 13.8 Å². The first-order valence-corrected chi connectivity index (χ1v) is 11.2. The number of halogens is 3. The summed E-state index contributed by atoms with van der Waals surface area (Å²) in [5.41, 5.74) is 0.907. The number of carbonyl (C=O) groups is 1. The van der Waals surface area contributed by atoms with E-state index in [0.29, 0.717) is 27.6 Å². The maximum Gasteiger partial charge on any atom is 0.364 e. The number of amides is 1. The van der Waals surface area contributed by atoms with Crippen LogP contribution in [0.25, 0.3) is 16.2 Å². The van der Waals surface area contributed by atoms with E-state index in [4.69, 9.17) is 11.6 Å². The van der Waals surface area contributed by atoms with Crippen molar-refractivity contribution in [2.45, 2.75) is 25.7 Å². The molecule has 0 fully saturated rings. The molecule has 11 heteroatoms. The lowest BCUT2D eigenvalue weighted by molar-refractivity contribution is 0.0869. The second-order valence-electron chi connectivity index (χ2n) is 6.56. The van der Waals surface area contributed by atoms with Crippen LogP contribution in [0.15, 0.2) is 29.6 Å². The van der Waals surface area contributed by atoms with Crippen LogP contribution in [0.5, 0.6) is 0 Å². The van der Waals surface area contributed by atoms with E-state index < -0.39 is 17.0 Å². The summed E-state index contributed by atoms with van der Waals surface area (Å²) in [5.74, 6) is -0.632. The first-order valence-electron chi connectivity index (χ1n) is 9.08. The maximum atomic E-state index is 14.1. The fraction of sp³-hybridized carbons (Fsp3) is 0.200. The average molecular weight is 478 g/mol. The molecule has 4 heterocycles. The molecule has 0 aromatic carbocycles. The topological polar surface area (TPSA) is 83.1 Å². The first-order chi connectivity index (χ1) is 14.7. The molecule has 0 aliphatic rings. The van der Waals surface area contributed by atoms with Gasteiger partial charge in [-0.25, -0.2) is 9.50 Å². The molecule has 158 valence electrons. The largest absolute Gasteiger partial charge is 0.364 e. The Morgan fingerprint density at radius 2 is 2.19 bits per heavy atom.